The Kier molecular flexibility index (Phi) is 4.11. The SMILES string of the molecule is CCCNC(c1cccc(C2CC2)c1)C(F)F. The van der Waals surface area contributed by atoms with Crippen molar-refractivity contribution in [2.45, 2.75) is 44.6 Å². The van der Waals surface area contributed by atoms with Gasteiger partial charge in [0.2, 0.25) is 0 Å². The molecule has 1 atom stereocenters. The van der Waals surface area contributed by atoms with Crippen molar-refractivity contribution in [3.63, 3.8) is 0 Å². The van der Waals surface area contributed by atoms with Gasteiger partial charge in [-0.3, -0.25) is 0 Å². The van der Waals surface area contributed by atoms with E-state index in [-0.39, 0.29) is 0 Å². The molecule has 1 N–H and O–H groups in total. The van der Waals surface area contributed by atoms with Crippen LogP contribution in [-0.2, 0) is 0 Å². The topological polar surface area (TPSA) is 12.0 Å². The van der Waals surface area contributed by atoms with Gasteiger partial charge in [-0.15, -0.1) is 0 Å². The lowest BCUT2D eigenvalue weighted by Crippen LogP contribution is -2.28. The monoisotopic (exact) mass is 239 g/mol. The molecule has 0 aromatic heterocycles. The van der Waals surface area contributed by atoms with Crippen molar-refractivity contribution in [2.75, 3.05) is 6.54 Å². The van der Waals surface area contributed by atoms with E-state index in [0.717, 1.165) is 12.0 Å². The van der Waals surface area contributed by atoms with E-state index in [9.17, 15) is 8.78 Å². The molecule has 1 aromatic rings. The Morgan fingerprint density at radius 3 is 2.71 bits per heavy atom. The fraction of sp³-hybridized carbons (Fsp3) is 0.571. The number of hydrogen-bond acceptors (Lipinski definition) is 1. The Morgan fingerprint density at radius 2 is 2.12 bits per heavy atom. The summed E-state index contributed by atoms with van der Waals surface area (Å²) in [5.74, 6) is 0.611. The summed E-state index contributed by atoms with van der Waals surface area (Å²) in [6, 6.07) is 6.85. The van der Waals surface area contributed by atoms with Crippen molar-refractivity contribution in [1.82, 2.24) is 5.32 Å². The minimum atomic E-state index is -2.35. The molecule has 1 saturated carbocycles. The maximum atomic E-state index is 13.0. The minimum Gasteiger partial charge on any atom is -0.305 e. The van der Waals surface area contributed by atoms with Crippen LogP contribution in [-0.4, -0.2) is 13.0 Å². The molecule has 1 aliphatic rings. The van der Waals surface area contributed by atoms with Crippen molar-refractivity contribution in [3.05, 3.63) is 35.4 Å². The molecule has 1 aliphatic carbocycles. The van der Waals surface area contributed by atoms with Gasteiger partial charge in [0.05, 0.1) is 6.04 Å². The molecule has 0 saturated heterocycles. The highest BCUT2D eigenvalue weighted by molar-refractivity contribution is 5.31. The van der Waals surface area contributed by atoms with Crippen LogP contribution in [0, 0.1) is 0 Å². The zero-order valence-corrected chi connectivity index (χ0v) is 10.1. The van der Waals surface area contributed by atoms with Crippen molar-refractivity contribution in [1.29, 1.82) is 0 Å². The van der Waals surface area contributed by atoms with Crippen molar-refractivity contribution in [2.24, 2.45) is 0 Å². The fourth-order valence-corrected chi connectivity index (χ4v) is 2.08. The first kappa shape index (κ1) is 12.5. The van der Waals surface area contributed by atoms with Gasteiger partial charge in [0, 0.05) is 0 Å². The highest BCUT2D eigenvalue weighted by atomic mass is 19.3. The number of alkyl halides is 2. The van der Waals surface area contributed by atoms with Gasteiger partial charge in [-0.1, -0.05) is 31.2 Å². The summed E-state index contributed by atoms with van der Waals surface area (Å²) in [4.78, 5) is 0. The maximum absolute atomic E-state index is 13.0. The van der Waals surface area contributed by atoms with Gasteiger partial charge in [-0.2, -0.15) is 0 Å². The summed E-state index contributed by atoms with van der Waals surface area (Å²) in [6.07, 6.45) is 0.915. The van der Waals surface area contributed by atoms with Crippen LogP contribution in [0.4, 0.5) is 8.78 Å². The van der Waals surface area contributed by atoms with Crippen LogP contribution in [0.5, 0.6) is 0 Å². The lowest BCUT2D eigenvalue weighted by atomic mass is 10.0. The summed E-state index contributed by atoms with van der Waals surface area (Å²) in [6.45, 7) is 2.61. The Hall–Kier alpha value is -0.960. The highest BCUT2D eigenvalue weighted by Gasteiger charge is 2.26. The third kappa shape index (κ3) is 3.25. The molecule has 0 heterocycles. The lowest BCUT2D eigenvalue weighted by Gasteiger charge is -2.18. The molecule has 0 aliphatic heterocycles. The van der Waals surface area contributed by atoms with Crippen LogP contribution < -0.4 is 5.32 Å². The number of hydrogen-bond donors (Lipinski definition) is 1. The molecule has 2 rings (SSSR count). The zero-order valence-electron chi connectivity index (χ0n) is 10.1. The predicted molar refractivity (Wildman–Crippen MR) is 65.5 cm³/mol. The van der Waals surface area contributed by atoms with E-state index in [1.54, 1.807) is 6.07 Å². The molecular formula is C14H19F2N. The molecule has 0 radical (unpaired) electrons. The van der Waals surface area contributed by atoms with Crippen molar-refractivity contribution in [3.8, 4) is 0 Å². The van der Waals surface area contributed by atoms with Crippen LogP contribution in [0.2, 0.25) is 0 Å². The molecule has 0 bridgehead atoms. The molecule has 1 aromatic carbocycles. The average Bonchev–Trinajstić information content (AvgIpc) is 3.13. The quantitative estimate of drug-likeness (QED) is 0.794. The van der Waals surface area contributed by atoms with Gasteiger partial charge in [0.15, 0.2) is 0 Å². The van der Waals surface area contributed by atoms with Crippen molar-refractivity contribution >= 4 is 0 Å². The average molecular weight is 239 g/mol. The Morgan fingerprint density at radius 1 is 1.35 bits per heavy atom. The van der Waals surface area contributed by atoms with Crippen LogP contribution in [0.1, 0.15) is 49.3 Å². The highest BCUT2D eigenvalue weighted by Crippen LogP contribution is 2.40. The largest absolute Gasteiger partial charge is 0.305 e. The van der Waals surface area contributed by atoms with E-state index < -0.39 is 12.5 Å². The van der Waals surface area contributed by atoms with Crippen LogP contribution in [0.25, 0.3) is 0 Å². The second-order valence-electron chi connectivity index (χ2n) is 4.71. The second-order valence-corrected chi connectivity index (χ2v) is 4.71. The Balaban J connectivity index is 2.13. The first-order valence-electron chi connectivity index (χ1n) is 6.33. The number of halogens is 2. The van der Waals surface area contributed by atoms with Crippen molar-refractivity contribution < 1.29 is 8.78 Å². The smallest absolute Gasteiger partial charge is 0.257 e. The standard InChI is InChI=1S/C14H19F2N/c1-2-8-17-13(14(15)16)12-5-3-4-11(9-12)10-6-7-10/h3-5,9-10,13-14,17H,2,6-8H2,1H3. The van der Waals surface area contributed by atoms with E-state index in [1.807, 2.05) is 25.1 Å². The van der Waals surface area contributed by atoms with Gasteiger partial charge in [0.1, 0.15) is 0 Å². The summed E-state index contributed by atoms with van der Waals surface area (Å²) < 4.78 is 26.0. The van der Waals surface area contributed by atoms with Gasteiger partial charge in [-0.25, -0.2) is 8.78 Å². The van der Waals surface area contributed by atoms with Gasteiger partial charge in [0.25, 0.3) is 6.43 Å². The normalized spacial score (nSPS) is 17.4. The molecule has 0 spiro atoms. The van der Waals surface area contributed by atoms with E-state index in [1.165, 1.54) is 18.4 Å². The predicted octanol–water partition coefficient (Wildman–Crippen LogP) is 3.87. The molecule has 3 heteroatoms. The van der Waals surface area contributed by atoms with Gasteiger partial charge < -0.3 is 5.32 Å². The lowest BCUT2D eigenvalue weighted by molar-refractivity contribution is 0.0985. The zero-order chi connectivity index (χ0) is 12.3. The van der Waals surface area contributed by atoms with E-state index in [2.05, 4.69) is 5.32 Å². The first-order valence-corrected chi connectivity index (χ1v) is 6.33. The number of rotatable bonds is 6. The molecule has 17 heavy (non-hydrogen) atoms. The molecule has 1 nitrogen and oxygen atoms in total. The molecular weight excluding hydrogens is 220 g/mol. The number of benzene rings is 1. The van der Waals surface area contributed by atoms with Crippen LogP contribution in [0.3, 0.4) is 0 Å². The molecule has 94 valence electrons. The number of nitrogens with one attached hydrogen (secondary N) is 1. The molecule has 1 unspecified atom stereocenters. The summed E-state index contributed by atoms with van der Waals surface area (Å²) >= 11 is 0. The third-order valence-corrected chi connectivity index (χ3v) is 3.18. The molecule has 1 fully saturated rings. The first-order chi connectivity index (χ1) is 8.22. The van der Waals surface area contributed by atoms with Crippen LogP contribution >= 0.6 is 0 Å². The summed E-state index contributed by atoms with van der Waals surface area (Å²) in [5.41, 5.74) is 1.93. The van der Waals surface area contributed by atoms with Crippen LogP contribution in [0.15, 0.2) is 24.3 Å². The summed E-state index contributed by atoms with van der Waals surface area (Å²) in [5, 5.41) is 2.92. The third-order valence-electron chi connectivity index (χ3n) is 3.18. The van der Waals surface area contributed by atoms with E-state index in [0.29, 0.717) is 12.5 Å². The van der Waals surface area contributed by atoms with E-state index in [4.69, 9.17) is 0 Å². The Bertz CT molecular complexity index is 361. The Labute approximate surface area is 101 Å². The van der Waals surface area contributed by atoms with Gasteiger partial charge >= 0.3 is 0 Å². The van der Waals surface area contributed by atoms with E-state index >= 15 is 0 Å². The maximum Gasteiger partial charge on any atom is 0.257 e. The second kappa shape index (κ2) is 5.58. The fourth-order valence-electron chi connectivity index (χ4n) is 2.08. The minimum absolute atomic E-state index is 0.611. The summed E-state index contributed by atoms with van der Waals surface area (Å²) in [7, 11) is 0. The molecule has 0 amide bonds. The van der Waals surface area contributed by atoms with Gasteiger partial charge in [-0.05, 0) is 42.9 Å².